The van der Waals surface area contributed by atoms with Gasteiger partial charge in [0.25, 0.3) is 0 Å². The van der Waals surface area contributed by atoms with E-state index < -0.39 is 5.63 Å². The first-order chi connectivity index (χ1) is 14.0. The van der Waals surface area contributed by atoms with Crippen LogP contribution < -0.4 is 15.1 Å². The highest BCUT2D eigenvalue weighted by Crippen LogP contribution is 2.33. The zero-order valence-electron chi connectivity index (χ0n) is 15.4. The van der Waals surface area contributed by atoms with Gasteiger partial charge in [-0.2, -0.15) is 0 Å². The Bertz CT molecular complexity index is 1230. The van der Waals surface area contributed by atoms with Crippen molar-refractivity contribution in [2.24, 2.45) is 0 Å². The van der Waals surface area contributed by atoms with Crippen LogP contribution in [0.15, 0.2) is 75.9 Å². The quantitative estimate of drug-likeness (QED) is 0.330. The number of hydrogen-bond donors (Lipinski definition) is 0. The van der Waals surface area contributed by atoms with Gasteiger partial charge in [-0.25, -0.2) is 4.79 Å². The Morgan fingerprint density at radius 3 is 2.48 bits per heavy atom. The molecule has 1 heterocycles. The van der Waals surface area contributed by atoms with Crippen molar-refractivity contribution in [3.8, 4) is 17.2 Å². The lowest BCUT2D eigenvalue weighted by molar-refractivity contribution is 0.305. The lowest BCUT2D eigenvalue weighted by Gasteiger charge is -2.11. The largest absolute Gasteiger partial charge is 0.487 e. The fourth-order valence-electron chi connectivity index (χ4n) is 2.92. The lowest BCUT2D eigenvalue weighted by Crippen LogP contribution is -2.02. The molecule has 0 spiro atoms. The van der Waals surface area contributed by atoms with Gasteiger partial charge >= 0.3 is 5.63 Å². The Kier molecular flexibility index (Phi) is 5.47. The molecule has 0 aliphatic carbocycles. The fraction of sp³-hybridized carbons (Fsp3) is 0.0870. The maximum absolute atomic E-state index is 11.8. The van der Waals surface area contributed by atoms with Gasteiger partial charge in [-0.3, -0.25) is 0 Å². The fourth-order valence-corrected chi connectivity index (χ4v) is 3.28. The molecule has 0 saturated carbocycles. The summed E-state index contributed by atoms with van der Waals surface area (Å²) in [6.45, 7) is 2.02. The molecule has 0 atom stereocenters. The first-order valence-electron chi connectivity index (χ1n) is 8.88. The van der Waals surface area contributed by atoms with Crippen LogP contribution in [0, 0.1) is 6.92 Å². The highest BCUT2D eigenvalue weighted by Gasteiger charge is 2.13. The molecule has 4 aromatic rings. The second-order valence-electron chi connectivity index (χ2n) is 6.46. The third kappa shape index (κ3) is 4.24. The summed E-state index contributed by atoms with van der Waals surface area (Å²) in [5.41, 5.74) is 1.31. The summed E-state index contributed by atoms with van der Waals surface area (Å²) in [5.74, 6) is 1.88. The van der Waals surface area contributed by atoms with Crippen LogP contribution in [-0.2, 0) is 6.61 Å². The van der Waals surface area contributed by atoms with E-state index in [-0.39, 0.29) is 11.6 Å². The summed E-state index contributed by atoms with van der Waals surface area (Å²) in [7, 11) is 0. The minimum Gasteiger partial charge on any atom is -0.487 e. The molecule has 4 nitrogen and oxygen atoms in total. The number of benzene rings is 3. The smallest absolute Gasteiger partial charge is 0.355 e. The second kappa shape index (κ2) is 8.19. The highest BCUT2D eigenvalue weighted by molar-refractivity contribution is 6.33. The molecule has 0 aliphatic heterocycles. The molecule has 0 radical (unpaired) electrons. The Balaban J connectivity index is 1.55. The molecule has 1 aromatic heterocycles. The van der Waals surface area contributed by atoms with Crippen molar-refractivity contribution >= 4 is 34.2 Å². The van der Waals surface area contributed by atoms with Crippen LogP contribution in [0.1, 0.15) is 11.1 Å². The second-order valence-corrected chi connectivity index (χ2v) is 7.24. The van der Waals surface area contributed by atoms with E-state index in [1.165, 1.54) is 0 Å². The summed E-state index contributed by atoms with van der Waals surface area (Å²) >= 11 is 12.3. The van der Waals surface area contributed by atoms with Crippen LogP contribution >= 0.6 is 23.2 Å². The molecule has 0 bridgehead atoms. The van der Waals surface area contributed by atoms with Gasteiger partial charge < -0.3 is 13.9 Å². The summed E-state index contributed by atoms with van der Waals surface area (Å²) in [6, 6.07) is 20.4. The first-order valence-corrected chi connectivity index (χ1v) is 9.64. The summed E-state index contributed by atoms with van der Waals surface area (Å²) in [4.78, 5) is 11.8. The minimum absolute atomic E-state index is 0.0532. The van der Waals surface area contributed by atoms with Gasteiger partial charge in [0.15, 0.2) is 0 Å². The van der Waals surface area contributed by atoms with Crippen molar-refractivity contribution in [2.75, 3.05) is 0 Å². The van der Waals surface area contributed by atoms with Gasteiger partial charge in [0.1, 0.15) is 34.5 Å². The van der Waals surface area contributed by atoms with E-state index in [4.69, 9.17) is 37.1 Å². The molecule has 0 unspecified atom stereocenters. The minimum atomic E-state index is -0.587. The number of fused-ring (bicyclic) bond motifs is 1. The average molecular weight is 427 g/mol. The van der Waals surface area contributed by atoms with Crippen LogP contribution in [-0.4, -0.2) is 0 Å². The number of rotatable bonds is 5. The Hall–Kier alpha value is -2.95. The van der Waals surface area contributed by atoms with E-state index in [1.807, 2.05) is 54.6 Å². The Morgan fingerprint density at radius 1 is 0.931 bits per heavy atom. The molecule has 146 valence electrons. The number of halogens is 2. The molecular weight excluding hydrogens is 411 g/mol. The van der Waals surface area contributed by atoms with Crippen LogP contribution in [0.3, 0.4) is 0 Å². The van der Waals surface area contributed by atoms with Crippen molar-refractivity contribution in [1.82, 2.24) is 0 Å². The van der Waals surface area contributed by atoms with Crippen LogP contribution in [0.2, 0.25) is 10.0 Å². The monoisotopic (exact) mass is 426 g/mol. The van der Waals surface area contributed by atoms with E-state index in [0.717, 1.165) is 11.3 Å². The number of hydrogen-bond acceptors (Lipinski definition) is 4. The summed E-state index contributed by atoms with van der Waals surface area (Å²) in [6.07, 6.45) is 0. The standard InChI is InChI=1S/C23H16Cl2O4/c1-14-18-11-19(24)21(12-20(18)29-23(26)22(14)25)27-13-15-6-5-9-17(10-15)28-16-7-3-2-4-8-16/h2-12H,13H2,1H3. The van der Waals surface area contributed by atoms with Crippen LogP contribution in [0.25, 0.3) is 11.0 Å². The first kappa shape index (κ1) is 19.4. The molecule has 0 saturated heterocycles. The van der Waals surface area contributed by atoms with Crippen molar-refractivity contribution in [3.63, 3.8) is 0 Å². The third-order valence-corrected chi connectivity index (χ3v) is 5.15. The predicted octanol–water partition coefficient (Wildman–Crippen LogP) is 6.78. The van der Waals surface area contributed by atoms with Crippen molar-refractivity contribution in [1.29, 1.82) is 0 Å². The SMILES string of the molecule is Cc1c(Cl)c(=O)oc2cc(OCc3cccc(Oc4ccccc4)c3)c(Cl)cc12. The van der Waals surface area contributed by atoms with Gasteiger partial charge in [-0.15, -0.1) is 0 Å². The number of aryl methyl sites for hydroxylation is 1. The maximum Gasteiger partial charge on any atom is 0.355 e. The topological polar surface area (TPSA) is 48.7 Å². The average Bonchev–Trinajstić information content (AvgIpc) is 2.72. The van der Waals surface area contributed by atoms with Gasteiger partial charge in [-0.1, -0.05) is 53.5 Å². The van der Waals surface area contributed by atoms with Gasteiger partial charge in [-0.05, 0) is 48.4 Å². The zero-order chi connectivity index (χ0) is 20.4. The molecule has 0 aliphatic rings. The Labute approximate surface area is 177 Å². The van der Waals surface area contributed by atoms with Gasteiger partial charge in [0.2, 0.25) is 0 Å². The van der Waals surface area contributed by atoms with Gasteiger partial charge in [0.05, 0.1) is 5.02 Å². The van der Waals surface area contributed by atoms with Crippen LogP contribution in [0.5, 0.6) is 17.2 Å². The molecule has 0 amide bonds. The molecule has 0 fully saturated rings. The maximum atomic E-state index is 11.8. The highest BCUT2D eigenvalue weighted by atomic mass is 35.5. The normalized spacial score (nSPS) is 10.9. The number of para-hydroxylation sites is 1. The zero-order valence-corrected chi connectivity index (χ0v) is 17.0. The van der Waals surface area contributed by atoms with E-state index in [1.54, 1.807) is 19.1 Å². The number of ether oxygens (including phenoxy) is 2. The molecule has 6 heteroatoms. The third-order valence-electron chi connectivity index (χ3n) is 4.42. The molecule has 29 heavy (non-hydrogen) atoms. The van der Waals surface area contributed by atoms with Crippen molar-refractivity contribution in [3.05, 3.63) is 98.3 Å². The van der Waals surface area contributed by atoms with Gasteiger partial charge in [0, 0.05) is 11.5 Å². The summed E-state index contributed by atoms with van der Waals surface area (Å²) < 4.78 is 17.0. The summed E-state index contributed by atoms with van der Waals surface area (Å²) in [5, 5.41) is 1.13. The van der Waals surface area contributed by atoms with Crippen molar-refractivity contribution in [2.45, 2.75) is 13.5 Å². The predicted molar refractivity (Wildman–Crippen MR) is 115 cm³/mol. The molecular formula is C23H16Cl2O4. The molecule has 0 N–H and O–H groups in total. The lowest BCUT2D eigenvalue weighted by atomic mass is 10.1. The van der Waals surface area contributed by atoms with E-state index in [0.29, 0.717) is 33.1 Å². The molecule has 4 rings (SSSR count). The van der Waals surface area contributed by atoms with E-state index >= 15 is 0 Å². The van der Waals surface area contributed by atoms with E-state index in [2.05, 4.69) is 0 Å². The Morgan fingerprint density at radius 2 is 1.69 bits per heavy atom. The van der Waals surface area contributed by atoms with Crippen LogP contribution in [0.4, 0.5) is 0 Å². The van der Waals surface area contributed by atoms with Crippen molar-refractivity contribution < 1.29 is 13.9 Å². The molecule has 3 aromatic carbocycles. The van der Waals surface area contributed by atoms with E-state index in [9.17, 15) is 4.79 Å².